The maximum absolute atomic E-state index is 6.18. The van der Waals surface area contributed by atoms with Gasteiger partial charge in [-0.1, -0.05) is 152 Å². The van der Waals surface area contributed by atoms with Crippen molar-refractivity contribution in [2.24, 2.45) is 10.9 Å². The van der Waals surface area contributed by atoms with Crippen molar-refractivity contribution >= 4 is 33.4 Å². The monoisotopic (exact) mass is 679 g/mol. The van der Waals surface area contributed by atoms with E-state index in [4.69, 9.17) is 5.84 Å². The molecular formula is C50H37N3. The molecule has 3 aliphatic rings. The number of nitrogens with two attached hydrogens (primary N) is 1. The average molecular weight is 680 g/mol. The Labute approximate surface area is 310 Å². The van der Waals surface area contributed by atoms with E-state index in [2.05, 4.69) is 180 Å². The number of hydrogen-bond donors (Lipinski definition) is 1. The minimum Gasteiger partial charge on any atom is -0.323 e. The Morgan fingerprint density at radius 2 is 1.26 bits per heavy atom. The van der Waals surface area contributed by atoms with E-state index in [0.717, 1.165) is 40.8 Å². The lowest BCUT2D eigenvalue weighted by molar-refractivity contribution is 0.703. The highest BCUT2D eigenvalue weighted by atomic mass is 15.2. The highest BCUT2D eigenvalue weighted by Gasteiger charge is 2.53. The maximum atomic E-state index is 6.18. The topological polar surface area (TPSA) is 41.6 Å². The van der Waals surface area contributed by atoms with Gasteiger partial charge in [-0.2, -0.15) is 5.10 Å². The van der Waals surface area contributed by atoms with Gasteiger partial charge in [0, 0.05) is 16.9 Å². The zero-order chi connectivity index (χ0) is 35.4. The standard InChI is InChI=1S/C50H37N3/c51-52-46(35-19-6-2-7-20-35)33-40(34-17-4-1-5-18-34)39-25-16-28-44-49(39)41-31-36-21-10-11-22-37(36)32-45(41)50(44)42-26-12-14-29-47(42)53(38-23-8-3-9-24-38)48-30-15-13-27-43(48)50/h1-14,16-29,31-33H,15,30,51H2/b40-33-,52-46+. The fourth-order valence-electron chi connectivity index (χ4n) is 9.11. The number of benzene rings is 7. The molecule has 10 rings (SSSR count). The van der Waals surface area contributed by atoms with E-state index in [9.17, 15) is 0 Å². The number of rotatable bonds is 5. The highest BCUT2D eigenvalue weighted by molar-refractivity contribution is 6.15. The van der Waals surface area contributed by atoms with Crippen molar-refractivity contribution in [2.45, 2.75) is 18.3 Å². The number of hydrazone groups is 1. The smallest absolute Gasteiger partial charge is 0.0905 e. The fraction of sp³-hybridized carbons (Fsp3) is 0.0600. The average Bonchev–Trinajstić information content (AvgIpc) is 3.51. The number of allylic oxidation sites excluding steroid dienone is 5. The van der Waals surface area contributed by atoms with Crippen LogP contribution in [-0.4, -0.2) is 5.71 Å². The van der Waals surface area contributed by atoms with E-state index in [-0.39, 0.29) is 0 Å². The largest absolute Gasteiger partial charge is 0.323 e. The third-order valence-corrected chi connectivity index (χ3v) is 11.3. The van der Waals surface area contributed by atoms with Crippen LogP contribution in [0, 0.1) is 0 Å². The van der Waals surface area contributed by atoms with Crippen LogP contribution in [0.2, 0.25) is 0 Å². The van der Waals surface area contributed by atoms with Crippen LogP contribution < -0.4 is 10.7 Å². The van der Waals surface area contributed by atoms with E-state index >= 15 is 0 Å². The fourth-order valence-corrected chi connectivity index (χ4v) is 9.11. The van der Waals surface area contributed by atoms with Crippen molar-refractivity contribution < 1.29 is 0 Å². The molecule has 2 N–H and O–H groups in total. The predicted molar refractivity (Wildman–Crippen MR) is 220 cm³/mol. The second-order valence-corrected chi connectivity index (χ2v) is 14.0. The molecule has 53 heavy (non-hydrogen) atoms. The Kier molecular flexibility index (Phi) is 7.33. The molecule has 1 heterocycles. The summed E-state index contributed by atoms with van der Waals surface area (Å²) >= 11 is 0. The lowest BCUT2D eigenvalue weighted by atomic mass is 9.63. The van der Waals surface area contributed by atoms with Gasteiger partial charge in [0.2, 0.25) is 0 Å². The number of hydrogen-bond acceptors (Lipinski definition) is 3. The summed E-state index contributed by atoms with van der Waals surface area (Å²) in [5.74, 6) is 6.18. The Morgan fingerprint density at radius 3 is 2.02 bits per heavy atom. The molecule has 1 aliphatic heterocycles. The molecule has 7 aromatic rings. The first kappa shape index (κ1) is 31.1. The maximum Gasteiger partial charge on any atom is 0.0905 e. The number of anilines is 2. The third kappa shape index (κ3) is 4.71. The van der Waals surface area contributed by atoms with Crippen molar-refractivity contribution in [1.29, 1.82) is 0 Å². The van der Waals surface area contributed by atoms with Crippen molar-refractivity contribution in [2.75, 3.05) is 4.90 Å². The van der Waals surface area contributed by atoms with Crippen LogP contribution in [0.25, 0.3) is 27.5 Å². The van der Waals surface area contributed by atoms with Crippen LogP contribution in [0.4, 0.5) is 11.4 Å². The van der Waals surface area contributed by atoms with E-state index in [1.807, 2.05) is 18.2 Å². The summed E-state index contributed by atoms with van der Waals surface area (Å²) in [5, 5.41) is 6.82. The van der Waals surface area contributed by atoms with Crippen molar-refractivity contribution in [3.63, 3.8) is 0 Å². The van der Waals surface area contributed by atoms with Gasteiger partial charge in [-0.05, 0) is 110 Å². The summed E-state index contributed by atoms with van der Waals surface area (Å²) in [6.45, 7) is 0. The van der Waals surface area contributed by atoms with Crippen LogP contribution in [-0.2, 0) is 5.41 Å². The van der Waals surface area contributed by atoms with Gasteiger partial charge in [-0.3, -0.25) is 0 Å². The molecule has 0 radical (unpaired) electrons. The molecule has 3 heteroatoms. The van der Waals surface area contributed by atoms with Gasteiger partial charge < -0.3 is 10.7 Å². The zero-order valence-corrected chi connectivity index (χ0v) is 29.3. The van der Waals surface area contributed by atoms with Crippen LogP contribution in [0.3, 0.4) is 0 Å². The summed E-state index contributed by atoms with van der Waals surface area (Å²) in [6, 6.07) is 61.4. The van der Waals surface area contributed by atoms with Gasteiger partial charge in [0.25, 0.3) is 0 Å². The minimum atomic E-state index is -0.537. The first-order chi connectivity index (χ1) is 26.3. The molecular weight excluding hydrogens is 643 g/mol. The molecule has 1 spiro atoms. The molecule has 2 aliphatic carbocycles. The molecule has 0 saturated carbocycles. The molecule has 1 atom stereocenters. The summed E-state index contributed by atoms with van der Waals surface area (Å²) in [5.41, 5.74) is 16.1. The molecule has 1 unspecified atom stereocenters. The molecule has 0 bridgehead atoms. The van der Waals surface area contributed by atoms with Crippen LogP contribution in [0.1, 0.15) is 46.2 Å². The number of nitrogens with zero attached hydrogens (tertiary/aromatic N) is 2. The van der Waals surface area contributed by atoms with Gasteiger partial charge in [0.1, 0.15) is 0 Å². The molecule has 3 nitrogen and oxygen atoms in total. The first-order valence-corrected chi connectivity index (χ1v) is 18.4. The highest BCUT2D eigenvalue weighted by Crippen LogP contribution is 2.64. The Hall–Kier alpha value is -6.71. The van der Waals surface area contributed by atoms with Crippen molar-refractivity contribution in [3.8, 4) is 11.1 Å². The van der Waals surface area contributed by atoms with E-state index < -0.39 is 5.41 Å². The Balaban J connectivity index is 1.34. The molecule has 0 amide bonds. The summed E-state index contributed by atoms with van der Waals surface area (Å²) in [7, 11) is 0. The van der Waals surface area contributed by atoms with Crippen molar-refractivity contribution in [1.82, 2.24) is 0 Å². The second kappa shape index (κ2) is 12.5. The molecule has 7 aromatic carbocycles. The molecule has 0 aromatic heterocycles. The van der Waals surface area contributed by atoms with Gasteiger partial charge in [-0.25, -0.2) is 0 Å². The quantitative estimate of drug-likeness (QED) is 0.112. The van der Waals surface area contributed by atoms with Crippen LogP contribution in [0.5, 0.6) is 0 Å². The van der Waals surface area contributed by atoms with Gasteiger partial charge in [-0.15, -0.1) is 0 Å². The number of fused-ring (bicyclic) bond motifs is 9. The Morgan fingerprint density at radius 1 is 0.623 bits per heavy atom. The molecule has 0 fully saturated rings. The minimum absolute atomic E-state index is 0.537. The lowest BCUT2D eigenvalue weighted by Crippen LogP contribution is -2.39. The van der Waals surface area contributed by atoms with Crippen molar-refractivity contribution in [3.05, 3.63) is 233 Å². The van der Waals surface area contributed by atoms with Crippen LogP contribution in [0.15, 0.2) is 204 Å². The first-order valence-electron chi connectivity index (χ1n) is 18.4. The van der Waals surface area contributed by atoms with E-state index in [1.54, 1.807) is 0 Å². The second-order valence-electron chi connectivity index (χ2n) is 14.0. The van der Waals surface area contributed by atoms with Gasteiger partial charge >= 0.3 is 0 Å². The Bertz CT molecular complexity index is 2670. The predicted octanol–water partition coefficient (Wildman–Crippen LogP) is 11.7. The van der Waals surface area contributed by atoms with Gasteiger partial charge in [0.05, 0.1) is 16.8 Å². The van der Waals surface area contributed by atoms with E-state index in [1.165, 1.54) is 61.2 Å². The SMILES string of the molecule is N/N=C(\C=C(\c1ccccc1)c1cccc2c1-c1cc3ccccc3cc1C21C2=C(CCC=C2)N(c2ccccc2)c2ccccc21)c1ccccc1. The molecule has 252 valence electrons. The van der Waals surface area contributed by atoms with Gasteiger partial charge in [0.15, 0.2) is 0 Å². The molecule has 0 saturated heterocycles. The van der Waals surface area contributed by atoms with Crippen LogP contribution >= 0.6 is 0 Å². The summed E-state index contributed by atoms with van der Waals surface area (Å²) in [4.78, 5) is 2.52. The normalized spacial score (nSPS) is 17.5. The lowest BCUT2D eigenvalue weighted by Gasteiger charge is -2.47. The zero-order valence-electron chi connectivity index (χ0n) is 29.3. The number of para-hydroxylation sites is 2. The third-order valence-electron chi connectivity index (χ3n) is 11.3. The van der Waals surface area contributed by atoms with E-state index in [0.29, 0.717) is 0 Å². The summed E-state index contributed by atoms with van der Waals surface area (Å²) in [6.07, 6.45) is 8.92. The summed E-state index contributed by atoms with van der Waals surface area (Å²) < 4.78 is 0.